The van der Waals surface area contributed by atoms with Gasteiger partial charge < -0.3 is 4.98 Å². The Morgan fingerprint density at radius 1 is 1.13 bits per heavy atom. The minimum Gasteiger partial charge on any atom is -0.357 e. The van der Waals surface area contributed by atoms with Gasteiger partial charge in [-0.3, -0.25) is 20.4 Å². The number of H-pyrrole nitrogens is 1. The van der Waals surface area contributed by atoms with Crippen LogP contribution in [-0.4, -0.2) is 16.8 Å². The number of amides is 2. The van der Waals surface area contributed by atoms with Gasteiger partial charge in [-0.05, 0) is 24.3 Å². The van der Waals surface area contributed by atoms with Gasteiger partial charge in [-0.15, -0.1) is 11.3 Å². The van der Waals surface area contributed by atoms with Crippen LogP contribution < -0.4 is 10.9 Å². The highest BCUT2D eigenvalue weighted by atomic mass is 35.5. The zero-order valence-electron chi connectivity index (χ0n) is 11.8. The van der Waals surface area contributed by atoms with E-state index in [4.69, 9.17) is 11.6 Å². The number of fused-ring (bicyclic) bond motifs is 1. The van der Waals surface area contributed by atoms with Crippen molar-refractivity contribution in [3.05, 3.63) is 64.3 Å². The molecule has 116 valence electrons. The number of benzene rings is 1. The van der Waals surface area contributed by atoms with Gasteiger partial charge in [0.2, 0.25) is 0 Å². The fourth-order valence-corrected chi connectivity index (χ4v) is 3.39. The Morgan fingerprint density at radius 3 is 2.70 bits per heavy atom. The zero-order valence-corrected chi connectivity index (χ0v) is 13.4. The molecule has 23 heavy (non-hydrogen) atoms. The Bertz CT molecular complexity index is 884. The fourth-order valence-electron chi connectivity index (χ4n) is 1.99. The number of hydrazine groups is 1. The minimum atomic E-state index is -0.446. The molecular weight excluding hydrogens is 334 g/mol. The topological polar surface area (TPSA) is 74.0 Å². The molecule has 0 unspecified atom stereocenters. The normalized spacial score (nSPS) is 11.0. The lowest BCUT2D eigenvalue weighted by atomic mass is 10.2. The first-order valence-corrected chi connectivity index (χ1v) is 7.93. The van der Waals surface area contributed by atoms with Crippen molar-refractivity contribution in [1.82, 2.24) is 15.8 Å². The molecule has 3 N–H and O–H groups in total. The van der Waals surface area contributed by atoms with E-state index in [0.29, 0.717) is 10.7 Å². The molecule has 2 aromatic heterocycles. The molecule has 1 aromatic carbocycles. The number of rotatable bonds is 3. The van der Waals surface area contributed by atoms with Gasteiger partial charge >= 0.3 is 0 Å². The van der Waals surface area contributed by atoms with E-state index in [1.54, 1.807) is 24.4 Å². The molecule has 0 spiro atoms. The predicted molar refractivity (Wildman–Crippen MR) is 92.3 cm³/mol. The summed E-state index contributed by atoms with van der Waals surface area (Å²) >= 11 is 7.79. The van der Waals surface area contributed by atoms with Crippen LogP contribution in [0.4, 0.5) is 0 Å². The van der Waals surface area contributed by atoms with Gasteiger partial charge in [0.1, 0.15) is 5.69 Å². The highest BCUT2D eigenvalue weighted by Gasteiger charge is 2.08. The third-order valence-electron chi connectivity index (χ3n) is 3.09. The number of carbonyl (C=O) groups is 2. The second kappa shape index (κ2) is 6.68. The van der Waals surface area contributed by atoms with Crippen molar-refractivity contribution in [2.75, 3.05) is 0 Å². The van der Waals surface area contributed by atoms with Gasteiger partial charge in [-0.2, -0.15) is 0 Å². The summed E-state index contributed by atoms with van der Waals surface area (Å²) in [6.45, 7) is 0. The summed E-state index contributed by atoms with van der Waals surface area (Å²) in [5.74, 6) is -0.866. The van der Waals surface area contributed by atoms with E-state index in [0.717, 1.165) is 15.0 Å². The van der Waals surface area contributed by atoms with Crippen LogP contribution >= 0.6 is 22.9 Å². The second-order valence-electron chi connectivity index (χ2n) is 4.64. The van der Waals surface area contributed by atoms with Crippen LogP contribution in [0.1, 0.15) is 15.4 Å². The van der Waals surface area contributed by atoms with Crippen LogP contribution in [0.2, 0.25) is 5.02 Å². The molecular formula is C16H12ClN3O2S. The van der Waals surface area contributed by atoms with E-state index >= 15 is 0 Å². The number of thiophene rings is 1. The Kier molecular flexibility index (Phi) is 4.45. The number of aromatic nitrogens is 1. The van der Waals surface area contributed by atoms with Crippen molar-refractivity contribution < 1.29 is 9.59 Å². The smallest absolute Gasteiger partial charge is 0.286 e. The standard InChI is InChI=1S/C16H12ClN3O2S/c17-15-10-4-1-2-6-12(10)23-13(15)7-8-14(21)19-20-16(22)11-5-3-9-18-11/h1-9,18H,(H,19,21)(H,20,22). The number of carbonyl (C=O) groups excluding carboxylic acids is 2. The molecule has 3 aromatic rings. The second-order valence-corrected chi connectivity index (χ2v) is 6.10. The average molecular weight is 346 g/mol. The number of hydrogen-bond acceptors (Lipinski definition) is 3. The van der Waals surface area contributed by atoms with Crippen LogP contribution in [0.15, 0.2) is 48.7 Å². The lowest BCUT2D eigenvalue weighted by Gasteiger charge is -2.03. The molecule has 2 heterocycles. The number of hydrogen-bond donors (Lipinski definition) is 3. The van der Waals surface area contributed by atoms with Gasteiger partial charge in [0.05, 0.1) is 5.02 Å². The Labute approximate surface area is 140 Å². The zero-order chi connectivity index (χ0) is 16.2. The van der Waals surface area contributed by atoms with Gasteiger partial charge in [0.15, 0.2) is 0 Å². The molecule has 0 atom stereocenters. The maximum Gasteiger partial charge on any atom is 0.286 e. The van der Waals surface area contributed by atoms with Crippen molar-refractivity contribution in [2.24, 2.45) is 0 Å². The van der Waals surface area contributed by atoms with Gasteiger partial charge in [-0.25, -0.2) is 0 Å². The number of nitrogens with one attached hydrogen (secondary N) is 3. The first-order chi connectivity index (χ1) is 11.1. The molecule has 7 heteroatoms. The Hall–Kier alpha value is -2.57. The highest BCUT2D eigenvalue weighted by Crippen LogP contribution is 2.35. The summed E-state index contributed by atoms with van der Waals surface area (Å²) in [7, 11) is 0. The average Bonchev–Trinajstić information content (AvgIpc) is 3.20. The highest BCUT2D eigenvalue weighted by molar-refractivity contribution is 7.20. The van der Waals surface area contributed by atoms with Crippen molar-refractivity contribution in [2.45, 2.75) is 0 Å². The van der Waals surface area contributed by atoms with Crippen molar-refractivity contribution in [3.63, 3.8) is 0 Å². The van der Waals surface area contributed by atoms with Crippen LogP contribution in [0, 0.1) is 0 Å². The van der Waals surface area contributed by atoms with Crippen molar-refractivity contribution in [3.8, 4) is 0 Å². The summed E-state index contributed by atoms with van der Waals surface area (Å²) in [4.78, 5) is 26.9. The predicted octanol–water partition coefficient (Wildman–Crippen LogP) is 3.36. The molecule has 0 aliphatic heterocycles. The van der Waals surface area contributed by atoms with Crippen LogP contribution in [0.25, 0.3) is 16.2 Å². The van der Waals surface area contributed by atoms with E-state index in [1.165, 1.54) is 17.4 Å². The third-order valence-corrected chi connectivity index (χ3v) is 4.74. The maximum absolute atomic E-state index is 11.8. The third kappa shape index (κ3) is 3.44. The van der Waals surface area contributed by atoms with Crippen molar-refractivity contribution >= 4 is 50.9 Å². The molecule has 0 fully saturated rings. The maximum atomic E-state index is 11.8. The first kappa shape index (κ1) is 15.3. The summed E-state index contributed by atoms with van der Waals surface area (Å²) in [6, 6.07) is 11.1. The summed E-state index contributed by atoms with van der Waals surface area (Å²) < 4.78 is 1.05. The SMILES string of the molecule is O=C(C=Cc1sc2ccccc2c1Cl)NNC(=O)c1ccc[nH]1. The lowest BCUT2D eigenvalue weighted by Crippen LogP contribution is -2.40. The molecule has 0 aliphatic carbocycles. The molecule has 3 rings (SSSR count). The first-order valence-electron chi connectivity index (χ1n) is 6.74. The molecule has 0 saturated carbocycles. The minimum absolute atomic E-state index is 0.363. The van der Waals surface area contributed by atoms with Crippen LogP contribution in [0.5, 0.6) is 0 Å². The summed E-state index contributed by atoms with van der Waals surface area (Å²) in [5.41, 5.74) is 4.98. The van der Waals surface area contributed by atoms with Gasteiger partial charge in [0.25, 0.3) is 11.8 Å². The van der Waals surface area contributed by atoms with Gasteiger partial charge in [-0.1, -0.05) is 29.8 Å². The van der Waals surface area contributed by atoms with E-state index in [9.17, 15) is 9.59 Å². The molecule has 2 amide bonds. The summed E-state index contributed by atoms with van der Waals surface area (Å²) in [6.07, 6.45) is 4.58. The van der Waals surface area contributed by atoms with Crippen LogP contribution in [0.3, 0.4) is 0 Å². The fraction of sp³-hybridized carbons (Fsp3) is 0. The van der Waals surface area contributed by atoms with E-state index in [1.807, 2.05) is 24.3 Å². The Morgan fingerprint density at radius 2 is 1.96 bits per heavy atom. The van der Waals surface area contributed by atoms with Crippen LogP contribution in [-0.2, 0) is 4.79 Å². The van der Waals surface area contributed by atoms with E-state index < -0.39 is 11.8 Å². The quantitative estimate of drug-likeness (QED) is 0.503. The molecule has 0 saturated heterocycles. The number of halogens is 1. The monoisotopic (exact) mass is 345 g/mol. The number of aromatic amines is 1. The van der Waals surface area contributed by atoms with E-state index in [2.05, 4.69) is 15.8 Å². The van der Waals surface area contributed by atoms with Gasteiger partial charge in [0, 0.05) is 27.2 Å². The molecule has 5 nitrogen and oxygen atoms in total. The van der Waals surface area contributed by atoms with Crippen molar-refractivity contribution in [1.29, 1.82) is 0 Å². The summed E-state index contributed by atoms with van der Waals surface area (Å²) in [5, 5.41) is 1.57. The molecule has 0 bridgehead atoms. The molecule has 0 aliphatic rings. The lowest BCUT2D eigenvalue weighted by molar-refractivity contribution is -0.117. The Balaban J connectivity index is 1.63. The largest absolute Gasteiger partial charge is 0.357 e. The van der Waals surface area contributed by atoms with E-state index in [-0.39, 0.29) is 0 Å². The molecule has 0 radical (unpaired) electrons.